The lowest BCUT2D eigenvalue weighted by Crippen LogP contribution is -2.30. The molecule has 31 heavy (non-hydrogen) atoms. The van der Waals surface area contributed by atoms with E-state index >= 15 is 0 Å². The molecular formula is C21H21FN4O3S2. The first-order valence-corrected chi connectivity index (χ1v) is 12.2. The van der Waals surface area contributed by atoms with E-state index in [4.69, 9.17) is 0 Å². The molecule has 1 N–H and O–H groups in total. The fraction of sp³-hybridized carbons (Fsp3) is 0.286. The summed E-state index contributed by atoms with van der Waals surface area (Å²) >= 11 is 1.02. The molecule has 2 aromatic carbocycles. The molecule has 0 spiro atoms. The van der Waals surface area contributed by atoms with E-state index in [1.807, 2.05) is 19.1 Å². The zero-order valence-corrected chi connectivity index (χ0v) is 18.4. The molecule has 10 heteroatoms. The number of halogens is 1. The standard InChI is InChI=1S/C21H21FN4O3S2/c1-2-14-9-11-15(12-10-14)31(28,29)26-13-5-8-18(26)20-24-25-21(30-20)19(27)23-17-7-4-3-6-16(17)22/h3-4,6-7,9-12,18H,2,5,8,13H2,1H3,(H,23,27). The molecule has 1 unspecified atom stereocenters. The minimum atomic E-state index is -3.70. The maximum atomic E-state index is 13.8. The maximum absolute atomic E-state index is 13.8. The summed E-state index contributed by atoms with van der Waals surface area (Å²) in [6.07, 6.45) is 2.11. The molecule has 1 saturated heterocycles. The van der Waals surface area contributed by atoms with Crippen LogP contribution in [0, 0.1) is 5.82 Å². The summed E-state index contributed by atoms with van der Waals surface area (Å²) < 4.78 is 41.6. The summed E-state index contributed by atoms with van der Waals surface area (Å²) in [5, 5.41) is 11.0. The fourth-order valence-corrected chi connectivity index (χ4v) is 6.12. The second-order valence-electron chi connectivity index (χ2n) is 7.15. The molecule has 4 rings (SSSR count). The minimum Gasteiger partial charge on any atom is -0.317 e. The molecule has 1 atom stereocenters. The summed E-state index contributed by atoms with van der Waals surface area (Å²) in [4.78, 5) is 12.7. The zero-order valence-electron chi connectivity index (χ0n) is 16.8. The quantitative estimate of drug-likeness (QED) is 0.600. The lowest BCUT2D eigenvalue weighted by atomic mass is 10.2. The van der Waals surface area contributed by atoms with Crippen molar-refractivity contribution in [2.45, 2.75) is 37.1 Å². The Balaban J connectivity index is 1.54. The molecule has 0 saturated carbocycles. The molecule has 162 valence electrons. The van der Waals surface area contributed by atoms with Gasteiger partial charge in [0.05, 0.1) is 16.6 Å². The number of rotatable bonds is 6. The van der Waals surface area contributed by atoms with E-state index in [1.165, 1.54) is 22.5 Å². The van der Waals surface area contributed by atoms with Crippen LogP contribution in [0.15, 0.2) is 53.4 Å². The van der Waals surface area contributed by atoms with Crippen LogP contribution in [0.25, 0.3) is 0 Å². The number of hydrogen-bond donors (Lipinski definition) is 1. The van der Waals surface area contributed by atoms with Crippen LogP contribution in [0.2, 0.25) is 0 Å². The van der Waals surface area contributed by atoms with Crippen molar-refractivity contribution < 1.29 is 17.6 Å². The third kappa shape index (κ3) is 4.36. The van der Waals surface area contributed by atoms with Crippen molar-refractivity contribution in [2.24, 2.45) is 0 Å². The third-order valence-corrected chi connectivity index (χ3v) is 8.13. The molecule has 1 aliphatic heterocycles. The van der Waals surface area contributed by atoms with Gasteiger partial charge < -0.3 is 5.32 Å². The Morgan fingerprint density at radius 3 is 2.65 bits per heavy atom. The number of amides is 1. The largest absolute Gasteiger partial charge is 0.317 e. The molecule has 2 heterocycles. The van der Waals surface area contributed by atoms with Crippen LogP contribution < -0.4 is 5.32 Å². The average molecular weight is 461 g/mol. The molecule has 0 bridgehead atoms. The number of carbonyl (C=O) groups excluding carboxylic acids is 1. The summed E-state index contributed by atoms with van der Waals surface area (Å²) in [5.74, 6) is -1.14. The van der Waals surface area contributed by atoms with E-state index < -0.39 is 27.8 Å². The van der Waals surface area contributed by atoms with Gasteiger partial charge in [-0.1, -0.05) is 42.5 Å². The van der Waals surface area contributed by atoms with Crippen molar-refractivity contribution >= 4 is 33.0 Å². The molecule has 1 fully saturated rings. The Labute approximate surface area is 184 Å². The fourth-order valence-electron chi connectivity index (χ4n) is 3.51. The third-order valence-electron chi connectivity index (χ3n) is 5.18. The number of carbonyl (C=O) groups is 1. The molecular weight excluding hydrogens is 439 g/mol. The van der Waals surface area contributed by atoms with E-state index in [1.54, 1.807) is 18.2 Å². The summed E-state index contributed by atoms with van der Waals surface area (Å²) in [7, 11) is -3.70. The van der Waals surface area contributed by atoms with Gasteiger partial charge in [0.1, 0.15) is 10.8 Å². The van der Waals surface area contributed by atoms with Gasteiger partial charge in [-0.05, 0) is 49.1 Å². The summed E-state index contributed by atoms with van der Waals surface area (Å²) in [5.41, 5.74) is 1.11. The van der Waals surface area contributed by atoms with Gasteiger partial charge in [0.2, 0.25) is 15.0 Å². The van der Waals surface area contributed by atoms with E-state index in [0.717, 1.165) is 23.3 Å². The number of hydrogen-bond acceptors (Lipinski definition) is 6. The van der Waals surface area contributed by atoms with Gasteiger partial charge in [-0.2, -0.15) is 4.31 Å². The highest BCUT2D eigenvalue weighted by atomic mass is 32.2. The first kappa shape index (κ1) is 21.5. The van der Waals surface area contributed by atoms with Crippen LogP contribution in [0.4, 0.5) is 10.1 Å². The lowest BCUT2D eigenvalue weighted by molar-refractivity contribution is 0.102. The molecule has 1 aromatic heterocycles. The Morgan fingerprint density at radius 1 is 1.19 bits per heavy atom. The second-order valence-corrected chi connectivity index (χ2v) is 10.1. The monoisotopic (exact) mass is 460 g/mol. The predicted octanol–water partition coefficient (Wildman–Crippen LogP) is 4.02. The average Bonchev–Trinajstić information content (AvgIpc) is 3.45. The van der Waals surface area contributed by atoms with Crippen molar-refractivity contribution in [3.63, 3.8) is 0 Å². The van der Waals surface area contributed by atoms with Crippen LogP contribution in [0.3, 0.4) is 0 Å². The van der Waals surface area contributed by atoms with Gasteiger partial charge in [0.15, 0.2) is 0 Å². The van der Waals surface area contributed by atoms with Crippen molar-refractivity contribution in [1.29, 1.82) is 0 Å². The summed E-state index contributed by atoms with van der Waals surface area (Å²) in [6, 6.07) is 12.2. The van der Waals surface area contributed by atoms with Crippen LogP contribution in [-0.4, -0.2) is 35.4 Å². The van der Waals surface area contributed by atoms with Gasteiger partial charge in [-0.3, -0.25) is 4.79 Å². The van der Waals surface area contributed by atoms with Crippen molar-refractivity contribution in [3.8, 4) is 0 Å². The van der Waals surface area contributed by atoms with Crippen molar-refractivity contribution in [2.75, 3.05) is 11.9 Å². The lowest BCUT2D eigenvalue weighted by Gasteiger charge is -2.22. The highest BCUT2D eigenvalue weighted by Gasteiger charge is 2.38. The number of nitrogens with one attached hydrogen (secondary N) is 1. The maximum Gasteiger partial charge on any atom is 0.286 e. The SMILES string of the molecule is CCc1ccc(S(=O)(=O)N2CCCC2c2nnc(C(=O)Nc3ccccc3F)s2)cc1. The summed E-state index contributed by atoms with van der Waals surface area (Å²) in [6.45, 7) is 2.38. The van der Waals surface area contributed by atoms with Crippen LogP contribution in [0.1, 0.15) is 46.2 Å². The zero-order chi connectivity index (χ0) is 22.0. The number of benzene rings is 2. The van der Waals surface area contributed by atoms with Crippen molar-refractivity contribution in [1.82, 2.24) is 14.5 Å². The van der Waals surface area contributed by atoms with Gasteiger partial charge in [-0.15, -0.1) is 10.2 Å². The highest BCUT2D eigenvalue weighted by Crippen LogP contribution is 2.37. The Kier molecular flexibility index (Phi) is 6.12. The normalized spacial score (nSPS) is 17.0. The molecule has 1 aliphatic rings. The van der Waals surface area contributed by atoms with E-state index in [2.05, 4.69) is 15.5 Å². The highest BCUT2D eigenvalue weighted by molar-refractivity contribution is 7.89. The van der Waals surface area contributed by atoms with Gasteiger partial charge in [0, 0.05) is 6.54 Å². The first-order valence-electron chi connectivity index (χ1n) is 9.90. The van der Waals surface area contributed by atoms with Crippen LogP contribution in [-0.2, 0) is 16.4 Å². The molecule has 1 amide bonds. The van der Waals surface area contributed by atoms with Gasteiger partial charge in [0.25, 0.3) is 5.91 Å². The minimum absolute atomic E-state index is 0.0462. The molecule has 3 aromatic rings. The topological polar surface area (TPSA) is 92.3 Å². The first-order chi connectivity index (χ1) is 14.9. The Morgan fingerprint density at radius 2 is 1.94 bits per heavy atom. The van der Waals surface area contributed by atoms with Crippen molar-refractivity contribution in [3.05, 3.63) is 69.9 Å². The number of para-hydroxylation sites is 1. The van der Waals surface area contributed by atoms with E-state index in [0.29, 0.717) is 24.4 Å². The van der Waals surface area contributed by atoms with E-state index in [-0.39, 0.29) is 15.6 Å². The van der Waals surface area contributed by atoms with Crippen LogP contribution >= 0.6 is 11.3 Å². The number of sulfonamides is 1. The van der Waals surface area contributed by atoms with Crippen LogP contribution in [0.5, 0.6) is 0 Å². The van der Waals surface area contributed by atoms with E-state index in [9.17, 15) is 17.6 Å². The Hall–Kier alpha value is -2.69. The predicted molar refractivity (Wildman–Crippen MR) is 116 cm³/mol. The number of aromatic nitrogens is 2. The molecule has 0 radical (unpaired) electrons. The smallest absolute Gasteiger partial charge is 0.286 e. The molecule has 0 aliphatic carbocycles. The number of anilines is 1. The number of aryl methyl sites for hydroxylation is 1. The number of nitrogens with zero attached hydrogens (tertiary/aromatic N) is 3. The van der Waals surface area contributed by atoms with Gasteiger partial charge in [-0.25, -0.2) is 12.8 Å². The second kappa shape index (κ2) is 8.81. The molecule has 7 nitrogen and oxygen atoms in total. The van der Waals surface area contributed by atoms with Gasteiger partial charge >= 0.3 is 0 Å². The Bertz CT molecular complexity index is 1200.